The Morgan fingerprint density at radius 1 is 0.913 bits per heavy atom. The molecule has 0 amide bonds. The number of aromatic nitrogens is 1. The van der Waals surface area contributed by atoms with Gasteiger partial charge in [-0.2, -0.15) is 0 Å². The van der Waals surface area contributed by atoms with E-state index in [0.717, 1.165) is 0 Å². The topological polar surface area (TPSA) is 38.9 Å². The van der Waals surface area contributed by atoms with Gasteiger partial charge in [-0.15, -0.1) is 11.3 Å². The lowest BCUT2D eigenvalue weighted by molar-refractivity contribution is 0.439. The van der Waals surface area contributed by atoms with Crippen LogP contribution in [0.25, 0.3) is 10.2 Å². The molecule has 0 atom stereocenters. The highest BCUT2D eigenvalue weighted by molar-refractivity contribution is 7.97. The molecule has 2 aliphatic rings. The van der Waals surface area contributed by atoms with Gasteiger partial charge in [0.15, 0.2) is 0 Å². The Morgan fingerprint density at radius 2 is 1.57 bits per heavy atom. The number of nitrogens with zero attached hydrogens (tertiary/aromatic N) is 1. The van der Waals surface area contributed by atoms with Crippen molar-refractivity contribution in [2.24, 2.45) is 5.14 Å². The molecule has 0 saturated heterocycles. The molecule has 0 radical (unpaired) electrons. The van der Waals surface area contributed by atoms with Gasteiger partial charge >= 0.3 is 0 Å². The molecular formula is C19H26N2S2. The molecular weight excluding hydrogens is 320 g/mol. The normalized spacial score (nSPS) is 21.1. The van der Waals surface area contributed by atoms with Crippen LogP contribution in [0.4, 0.5) is 0 Å². The zero-order chi connectivity index (χ0) is 15.6. The van der Waals surface area contributed by atoms with Gasteiger partial charge in [0.1, 0.15) is 0 Å². The monoisotopic (exact) mass is 346 g/mol. The number of benzene rings is 1. The van der Waals surface area contributed by atoms with E-state index in [1.165, 1.54) is 102 Å². The minimum Gasteiger partial charge on any atom is -0.274 e. The van der Waals surface area contributed by atoms with Gasteiger partial charge < -0.3 is 0 Å². The van der Waals surface area contributed by atoms with Crippen molar-refractivity contribution in [3.05, 3.63) is 22.7 Å². The first-order valence-corrected chi connectivity index (χ1v) is 10.9. The largest absolute Gasteiger partial charge is 0.274 e. The summed E-state index contributed by atoms with van der Waals surface area (Å²) >= 11 is 3.35. The number of hydrogen-bond donors (Lipinski definition) is 1. The summed E-state index contributed by atoms with van der Waals surface area (Å²) in [5, 5.41) is 7.38. The standard InChI is InChI=1S/C19H26N2S2/c20-23-15-11-12-16-18(17(15)13-7-3-1-4-8-13)21-19(22-16)14-9-5-2-6-10-14/h11-14H,1-10,20H2. The second kappa shape index (κ2) is 7.12. The molecule has 1 heterocycles. The first-order valence-electron chi connectivity index (χ1n) is 9.17. The van der Waals surface area contributed by atoms with Gasteiger partial charge in [-0.25, -0.2) is 4.98 Å². The van der Waals surface area contributed by atoms with E-state index >= 15 is 0 Å². The molecule has 124 valence electrons. The predicted molar refractivity (Wildman–Crippen MR) is 101 cm³/mol. The van der Waals surface area contributed by atoms with Crippen molar-refractivity contribution < 1.29 is 0 Å². The Morgan fingerprint density at radius 3 is 2.22 bits per heavy atom. The summed E-state index contributed by atoms with van der Waals surface area (Å²) in [6.45, 7) is 0. The van der Waals surface area contributed by atoms with Crippen LogP contribution in [0.3, 0.4) is 0 Å². The highest BCUT2D eigenvalue weighted by atomic mass is 32.2. The molecule has 2 aromatic rings. The lowest BCUT2D eigenvalue weighted by Gasteiger charge is -2.24. The molecule has 4 rings (SSSR count). The third-order valence-electron chi connectivity index (χ3n) is 5.67. The van der Waals surface area contributed by atoms with Crippen LogP contribution in [0.15, 0.2) is 17.0 Å². The van der Waals surface area contributed by atoms with E-state index in [4.69, 9.17) is 10.1 Å². The maximum atomic E-state index is 5.99. The Hall–Kier alpha value is -0.580. The van der Waals surface area contributed by atoms with Crippen LogP contribution in [0.1, 0.15) is 86.6 Å². The van der Waals surface area contributed by atoms with Gasteiger partial charge in [-0.3, -0.25) is 5.14 Å². The predicted octanol–water partition coefficient (Wildman–Crippen LogP) is 6.36. The summed E-state index contributed by atoms with van der Waals surface area (Å²) in [5.74, 6) is 1.37. The maximum absolute atomic E-state index is 5.99. The molecule has 2 N–H and O–H groups in total. The van der Waals surface area contributed by atoms with Crippen LogP contribution in [0.5, 0.6) is 0 Å². The molecule has 4 heteroatoms. The Bertz CT molecular complexity index is 667. The van der Waals surface area contributed by atoms with Gasteiger partial charge in [0.25, 0.3) is 0 Å². The van der Waals surface area contributed by atoms with E-state index in [0.29, 0.717) is 11.8 Å². The zero-order valence-corrected chi connectivity index (χ0v) is 15.4. The number of fused-ring (bicyclic) bond motifs is 1. The molecule has 1 aromatic carbocycles. The molecule has 0 bridgehead atoms. The fourth-order valence-electron chi connectivity index (χ4n) is 4.43. The SMILES string of the molecule is NSc1ccc2sc(C3CCCCC3)nc2c1C1CCCCC1. The van der Waals surface area contributed by atoms with Crippen LogP contribution < -0.4 is 5.14 Å². The number of rotatable bonds is 3. The van der Waals surface area contributed by atoms with Gasteiger partial charge in [-0.05, 0) is 61.2 Å². The number of hydrogen-bond acceptors (Lipinski definition) is 4. The highest BCUT2D eigenvalue weighted by Crippen LogP contribution is 2.44. The van der Waals surface area contributed by atoms with E-state index in [1.807, 2.05) is 11.3 Å². The fraction of sp³-hybridized carbons (Fsp3) is 0.632. The zero-order valence-electron chi connectivity index (χ0n) is 13.7. The highest BCUT2D eigenvalue weighted by Gasteiger charge is 2.25. The molecule has 1 aromatic heterocycles. The second-order valence-corrected chi connectivity index (χ2v) is 8.90. The van der Waals surface area contributed by atoms with Crippen molar-refractivity contribution in [2.75, 3.05) is 0 Å². The van der Waals surface area contributed by atoms with Crippen LogP contribution in [0.2, 0.25) is 0 Å². The van der Waals surface area contributed by atoms with Crippen LogP contribution in [-0.2, 0) is 0 Å². The van der Waals surface area contributed by atoms with Gasteiger partial charge in [0.2, 0.25) is 0 Å². The van der Waals surface area contributed by atoms with Gasteiger partial charge in [-0.1, -0.05) is 38.5 Å². The van der Waals surface area contributed by atoms with Gasteiger partial charge in [0.05, 0.1) is 15.2 Å². The fourth-order valence-corrected chi connectivity index (χ4v) is 6.12. The first-order chi connectivity index (χ1) is 11.4. The summed E-state index contributed by atoms with van der Waals surface area (Å²) in [6.07, 6.45) is 13.5. The number of thiazole rings is 1. The lowest BCUT2D eigenvalue weighted by atomic mass is 9.83. The smallest absolute Gasteiger partial charge is 0.0969 e. The summed E-state index contributed by atoms with van der Waals surface area (Å²) in [7, 11) is 0. The van der Waals surface area contributed by atoms with Crippen LogP contribution in [-0.4, -0.2) is 4.98 Å². The molecule has 0 aliphatic heterocycles. The molecule has 2 aliphatic carbocycles. The third-order valence-corrected chi connectivity index (χ3v) is 7.46. The van der Waals surface area contributed by atoms with E-state index in [9.17, 15) is 0 Å². The molecule has 2 saturated carbocycles. The summed E-state index contributed by atoms with van der Waals surface area (Å²) < 4.78 is 1.38. The van der Waals surface area contributed by atoms with Crippen molar-refractivity contribution in [3.8, 4) is 0 Å². The van der Waals surface area contributed by atoms with Crippen molar-refractivity contribution in [3.63, 3.8) is 0 Å². The third kappa shape index (κ3) is 3.18. The van der Waals surface area contributed by atoms with Crippen molar-refractivity contribution in [1.29, 1.82) is 0 Å². The van der Waals surface area contributed by atoms with E-state index in [1.54, 1.807) is 0 Å². The van der Waals surface area contributed by atoms with E-state index < -0.39 is 0 Å². The van der Waals surface area contributed by atoms with Crippen molar-refractivity contribution in [1.82, 2.24) is 4.98 Å². The van der Waals surface area contributed by atoms with E-state index in [2.05, 4.69) is 12.1 Å². The van der Waals surface area contributed by atoms with Crippen molar-refractivity contribution >= 4 is 33.5 Å². The summed E-state index contributed by atoms with van der Waals surface area (Å²) in [5.41, 5.74) is 2.74. The molecule has 0 spiro atoms. The maximum Gasteiger partial charge on any atom is 0.0969 e. The first kappa shape index (κ1) is 15.9. The molecule has 23 heavy (non-hydrogen) atoms. The van der Waals surface area contributed by atoms with Crippen molar-refractivity contribution in [2.45, 2.75) is 80.9 Å². The Labute approximate surface area is 147 Å². The average Bonchev–Trinajstić information content (AvgIpc) is 3.06. The molecule has 2 fully saturated rings. The minimum absolute atomic E-state index is 0.666. The van der Waals surface area contributed by atoms with E-state index in [-0.39, 0.29) is 0 Å². The second-order valence-electron chi connectivity index (χ2n) is 7.16. The average molecular weight is 347 g/mol. The summed E-state index contributed by atoms with van der Waals surface area (Å²) in [6, 6.07) is 4.49. The molecule has 0 unspecified atom stereocenters. The quantitative estimate of drug-likeness (QED) is 0.657. The van der Waals surface area contributed by atoms with Crippen LogP contribution >= 0.6 is 23.3 Å². The molecule has 2 nitrogen and oxygen atoms in total. The van der Waals surface area contributed by atoms with Gasteiger partial charge in [0, 0.05) is 10.8 Å². The Kier molecular flexibility index (Phi) is 4.93. The minimum atomic E-state index is 0.666. The lowest BCUT2D eigenvalue weighted by Crippen LogP contribution is -2.07. The summed E-state index contributed by atoms with van der Waals surface area (Å²) in [4.78, 5) is 6.42. The number of nitrogens with two attached hydrogens (primary N) is 1. The Balaban J connectivity index is 1.76. The van der Waals surface area contributed by atoms with Crippen LogP contribution in [0, 0.1) is 0 Å².